The first-order chi connectivity index (χ1) is 15.1. The molecule has 0 saturated heterocycles. The van der Waals surface area contributed by atoms with Gasteiger partial charge in [0, 0.05) is 11.8 Å². The molecule has 0 aliphatic rings. The van der Waals surface area contributed by atoms with Crippen LogP contribution in [0.4, 0.5) is 20.3 Å². The van der Waals surface area contributed by atoms with Gasteiger partial charge in [-0.2, -0.15) is 5.10 Å². The van der Waals surface area contributed by atoms with Crippen molar-refractivity contribution in [2.45, 2.75) is 26.9 Å². The van der Waals surface area contributed by atoms with E-state index in [1.807, 2.05) is 13.8 Å². The molecule has 10 heteroatoms. The molecule has 4 aromatic rings. The van der Waals surface area contributed by atoms with Gasteiger partial charge in [0.1, 0.15) is 28.5 Å². The Morgan fingerprint density at radius 1 is 1.09 bits per heavy atom. The van der Waals surface area contributed by atoms with Crippen molar-refractivity contribution in [1.82, 2.24) is 19.7 Å². The van der Waals surface area contributed by atoms with Crippen molar-refractivity contribution in [3.05, 3.63) is 70.7 Å². The fraction of sp³-hybridized carbons (Fsp3) is 0.182. The Bertz CT molecular complexity index is 1350. The van der Waals surface area contributed by atoms with Gasteiger partial charge in [-0.25, -0.2) is 23.4 Å². The maximum atomic E-state index is 13.4. The number of nitrogens with two attached hydrogens (primary N) is 1. The number of amides is 1. The van der Waals surface area contributed by atoms with Gasteiger partial charge in [-0.05, 0) is 62.2 Å². The molecular weight excluding hydrogens is 418 g/mol. The van der Waals surface area contributed by atoms with E-state index in [-0.39, 0.29) is 5.56 Å². The molecule has 1 amide bonds. The van der Waals surface area contributed by atoms with Gasteiger partial charge < -0.3 is 16.2 Å². The predicted molar refractivity (Wildman–Crippen MR) is 115 cm³/mol. The van der Waals surface area contributed by atoms with Crippen molar-refractivity contribution in [3.8, 4) is 5.69 Å². The number of aromatic nitrogens is 4. The fourth-order valence-corrected chi connectivity index (χ4v) is 3.54. The number of fused-ring (bicyclic) bond motifs is 1. The van der Waals surface area contributed by atoms with Crippen LogP contribution in [0.1, 0.15) is 28.7 Å². The molecule has 0 unspecified atom stereocenters. The zero-order valence-corrected chi connectivity index (χ0v) is 17.5. The number of halogens is 2. The van der Waals surface area contributed by atoms with Crippen molar-refractivity contribution in [2.75, 3.05) is 11.1 Å². The maximum absolute atomic E-state index is 13.4. The SMILES string of the molecule is Cc1nc(N)c2c(n1)c(C)nn2-c1ccc(NC(=O)[C@H](O)c2cc(F)cc(F)c2)cc1C. The van der Waals surface area contributed by atoms with Gasteiger partial charge in [0.25, 0.3) is 5.91 Å². The van der Waals surface area contributed by atoms with E-state index in [9.17, 15) is 18.7 Å². The van der Waals surface area contributed by atoms with Crippen LogP contribution in [0.25, 0.3) is 16.7 Å². The van der Waals surface area contributed by atoms with Gasteiger partial charge in [0.2, 0.25) is 0 Å². The Morgan fingerprint density at radius 3 is 2.44 bits per heavy atom. The Balaban J connectivity index is 1.63. The molecule has 8 nitrogen and oxygen atoms in total. The van der Waals surface area contributed by atoms with E-state index in [2.05, 4.69) is 20.4 Å². The van der Waals surface area contributed by atoms with Crippen LogP contribution < -0.4 is 11.1 Å². The van der Waals surface area contributed by atoms with Gasteiger partial charge in [0.05, 0.1) is 11.4 Å². The first kappa shape index (κ1) is 21.3. The second-order valence-corrected chi connectivity index (χ2v) is 7.45. The third-order valence-electron chi connectivity index (χ3n) is 4.97. The normalized spacial score (nSPS) is 12.2. The lowest BCUT2D eigenvalue weighted by Crippen LogP contribution is -2.21. The minimum Gasteiger partial charge on any atom is -0.382 e. The second-order valence-electron chi connectivity index (χ2n) is 7.45. The number of aliphatic hydroxyl groups excluding tert-OH is 1. The summed E-state index contributed by atoms with van der Waals surface area (Å²) in [5, 5.41) is 17.3. The molecular formula is C22H20F2N6O2. The lowest BCUT2D eigenvalue weighted by molar-refractivity contribution is -0.124. The molecule has 0 aliphatic heterocycles. The Hall–Kier alpha value is -3.92. The molecule has 0 spiro atoms. The quantitative estimate of drug-likeness (QED) is 0.450. The highest BCUT2D eigenvalue weighted by atomic mass is 19.1. The number of nitrogens with one attached hydrogen (secondary N) is 1. The number of benzene rings is 2. The minimum atomic E-state index is -1.74. The molecule has 4 rings (SSSR count). The monoisotopic (exact) mass is 438 g/mol. The van der Waals surface area contributed by atoms with Crippen molar-refractivity contribution < 1.29 is 18.7 Å². The summed E-state index contributed by atoms with van der Waals surface area (Å²) in [6.07, 6.45) is -1.74. The van der Waals surface area contributed by atoms with E-state index in [0.29, 0.717) is 45.8 Å². The zero-order chi connectivity index (χ0) is 23.2. The molecule has 0 aliphatic carbocycles. The summed E-state index contributed by atoms with van der Waals surface area (Å²) < 4.78 is 28.4. The minimum absolute atomic E-state index is 0.183. The Morgan fingerprint density at radius 2 is 1.78 bits per heavy atom. The molecule has 4 N–H and O–H groups in total. The Kier molecular flexibility index (Phi) is 5.31. The smallest absolute Gasteiger partial charge is 0.257 e. The number of nitrogen functional groups attached to an aromatic ring is 1. The van der Waals surface area contributed by atoms with E-state index >= 15 is 0 Å². The van der Waals surface area contributed by atoms with Crippen molar-refractivity contribution in [1.29, 1.82) is 0 Å². The van der Waals surface area contributed by atoms with Crippen molar-refractivity contribution in [2.24, 2.45) is 0 Å². The molecule has 0 saturated carbocycles. The second kappa shape index (κ2) is 7.97. The topological polar surface area (TPSA) is 119 Å². The number of carbonyl (C=O) groups excluding carboxylic acids is 1. The molecule has 0 bridgehead atoms. The van der Waals surface area contributed by atoms with Gasteiger partial charge in [0.15, 0.2) is 11.9 Å². The first-order valence-electron chi connectivity index (χ1n) is 9.69. The fourth-order valence-electron chi connectivity index (χ4n) is 3.54. The summed E-state index contributed by atoms with van der Waals surface area (Å²) in [4.78, 5) is 21.0. The summed E-state index contributed by atoms with van der Waals surface area (Å²) in [6.45, 7) is 5.39. The lowest BCUT2D eigenvalue weighted by Gasteiger charge is -2.14. The van der Waals surface area contributed by atoms with Gasteiger partial charge in [-0.3, -0.25) is 4.79 Å². The summed E-state index contributed by atoms with van der Waals surface area (Å²) in [5.74, 6) is -1.74. The van der Waals surface area contributed by atoms with Gasteiger partial charge >= 0.3 is 0 Å². The number of aliphatic hydroxyl groups is 1. The van der Waals surface area contributed by atoms with Crippen LogP contribution in [-0.2, 0) is 4.79 Å². The standard InChI is InChI=1S/C22H20F2N6O2/c1-10-6-16(28-22(32)20(31)13-7-14(23)9-15(24)8-13)4-5-17(10)30-19-18(11(2)29-30)26-12(3)27-21(19)25/h4-9,20,31H,1-3H3,(H,28,32)(H2,25,26,27)/t20-/m1/s1. The van der Waals surface area contributed by atoms with E-state index < -0.39 is 23.6 Å². The molecule has 164 valence electrons. The zero-order valence-electron chi connectivity index (χ0n) is 17.5. The average molecular weight is 438 g/mol. The van der Waals surface area contributed by atoms with E-state index in [1.54, 1.807) is 29.8 Å². The highest BCUT2D eigenvalue weighted by Gasteiger charge is 2.20. The molecule has 0 fully saturated rings. The summed E-state index contributed by atoms with van der Waals surface area (Å²) >= 11 is 0. The largest absolute Gasteiger partial charge is 0.382 e. The third kappa shape index (κ3) is 3.87. The molecule has 2 aromatic heterocycles. The number of carbonyl (C=O) groups is 1. The molecule has 0 radical (unpaired) electrons. The maximum Gasteiger partial charge on any atom is 0.257 e. The van der Waals surface area contributed by atoms with Crippen molar-refractivity contribution in [3.63, 3.8) is 0 Å². The lowest BCUT2D eigenvalue weighted by atomic mass is 10.1. The van der Waals surface area contributed by atoms with Crippen LogP contribution in [0.15, 0.2) is 36.4 Å². The molecule has 2 aromatic carbocycles. The number of hydrogen-bond donors (Lipinski definition) is 3. The highest BCUT2D eigenvalue weighted by molar-refractivity contribution is 5.95. The number of rotatable bonds is 4. The van der Waals surface area contributed by atoms with Gasteiger partial charge in [-0.15, -0.1) is 0 Å². The molecule has 32 heavy (non-hydrogen) atoms. The van der Waals surface area contributed by atoms with Crippen LogP contribution in [0, 0.1) is 32.4 Å². The first-order valence-corrected chi connectivity index (χ1v) is 9.69. The van der Waals surface area contributed by atoms with Crippen LogP contribution >= 0.6 is 0 Å². The summed E-state index contributed by atoms with van der Waals surface area (Å²) in [7, 11) is 0. The van der Waals surface area contributed by atoms with E-state index in [0.717, 1.165) is 17.7 Å². The Labute approximate surface area is 181 Å². The molecule has 2 heterocycles. The summed E-state index contributed by atoms with van der Waals surface area (Å²) in [5.41, 5.74) is 9.70. The highest BCUT2D eigenvalue weighted by Crippen LogP contribution is 2.27. The van der Waals surface area contributed by atoms with Crippen LogP contribution in [0.2, 0.25) is 0 Å². The predicted octanol–water partition coefficient (Wildman–Crippen LogP) is 3.27. The number of hydrogen-bond acceptors (Lipinski definition) is 6. The number of anilines is 2. The number of nitrogens with zero attached hydrogens (tertiary/aromatic N) is 4. The third-order valence-corrected chi connectivity index (χ3v) is 4.97. The molecule has 1 atom stereocenters. The van der Waals surface area contributed by atoms with Crippen LogP contribution in [0.3, 0.4) is 0 Å². The number of aryl methyl sites for hydroxylation is 3. The van der Waals surface area contributed by atoms with E-state index in [4.69, 9.17) is 5.73 Å². The average Bonchev–Trinajstić information content (AvgIpc) is 3.03. The van der Waals surface area contributed by atoms with E-state index in [1.165, 1.54) is 0 Å². The van der Waals surface area contributed by atoms with Crippen molar-refractivity contribution >= 4 is 28.4 Å². The van der Waals surface area contributed by atoms with Crippen LogP contribution in [0.5, 0.6) is 0 Å². The van der Waals surface area contributed by atoms with Crippen LogP contribution in [-0.4, -0.2) is 30.8 Å². The summed E-state index contributed by atoms with van der Waals surface area (Å²) in [6, 6.07) is 7.50. The van der Waals surface area contributed by atoms with Gasteiger partial charge in [-0.1, -0.05) is 0 Å².